The van der Waals surface area contributed by atoms with Gasteiger partial charge in [-0.25, -0.2) is 13.2 Å². The molecule has 12 heteroatoms. The van der Waals surface area contributed by atoms with Crippen LogP contribution >= 0.6 is 0 Å². The summed E-state index contributed by atoms with van der Waals surface area (Å²) in [5, 5.41) is 18.1. The van der Waals surface area contributed by atoms with Crippen molar-refractivity contribution in [3.63, 3.8) is 0 Å². The van der Waals surface area contributed by atoms with Gasteiger partial charge in [-0.05, 0) is 57.5 Å². The number of amides is 1. The maximum Gasteiger partial charge on any atom is 0.410 e. The lowest BCUT2D eigenvalue weighted by molar-refractivity contribution is -0.00358. The van der Waals surface area contributed by atoms with Crippen LogP contribution in [0.15, 0.2) is 46.2 Å². The molecule has 3 aromatic rings. The summed E-state index contributed by atoms with van der Waals surface area (Å²) in [7, 11) is -3.36. The fourth-order valence-electron chi connectivity index (χ4n) is 4.87. The maximum atomic E-state index is 12.9. The summed E-state index contributed by atoms with van der Waals surface area (Å²) >= 11 is 0. The Labute approximate surface area is 221 Å². The summed E-state index contributed by atoms with van der Waals surface area (Å²) in [5.41, 5.74) is -0.652. The smallest absolute Gasteiger partial charge is 0.410 e. The van der Waals surface area contributed by atoms with Crippen LogP contribution < -0.4 is 10.9 Å². The van der Waals surface area contributed by atoms with Crippen LogP contribution in [0.5, 0.6) is 0 Å². The number of hydrogen-bond acceptors (Lipinski definition) is 8. The number of piperidine rings is 1. The molecule has 0 radical (unpaired) electrons. The lowest BCUT2D eigenvalue weighted by atomic mass is 9.76. The molecule has 1 saturated heterocycles. The van der Waals surface area contributed by atoms with Crippen molar-refractivity contribution in [1.29, 1.82) is 5.26 Å². The number of aromatic amines is 1. The molecule has 0 saturated carbocycles. The first-order chi connectivity index (χ1) is 17.7. The van der Waals surface area contributed by atoms with Gasteiger partial charge in [-0.1, -0.05) is 6.92 Å². The van der Waals surface area contributed by atoms with Gasteiger partial charge in [-0.2, -0.15) is 10.4 Å². The number of nitrogens with one attached hydrogen (secondary N) is 2. The Bertz CT molecular complexity index is 1560. The van der Waals surface area contributed by atoms with Crippen molar-refractivity contribution in [3.05, 3.63) is 46.9 Å². The van der Waals surface area contributed by atoms with Crippen molar-refractivity contribution < 1.29 is 17.9 Å². The van der Waals surface area contributed by atoms with Gasteiger partial charge in [0, 0.05) is 37.1 Å². The summed E-state index contributed by atoms with van der Waals surface area (Å²) < 4.78 is 30.9. The third-order valence-corrected chi connectivity index (χ3v) is 7.96. The van der Waals surface area contributed by atoms with Gasteiger partial charge in [0.25, 0.3) is 5.56 Å². The predicted molar refractivity (Wildman–Crippen MR) is 143 cm³/mol. The van der Waals surface area contributed by atoms with Crippen LogP contribution in [0.1, 0.15) is 40.5 Å². The highest BCUT2D eigenvalue weighted by molar-refractivity contribution is 7.90. The number of carbonyl (C=O) groups is 1. The molecule has 1 aliphatic rings. The second-order valence-corrected chi connectivity index (χ2v) is 12.8. The Hall–Kier alpha value is -3.85. The zero-order valence-corrected chi connectivity index (χ0v) is 22.9. The number of carbonyl (C=O) groups excluding carboxylic acids is 1. The lowest BCUT2D eigenvalue weighted by Gasteiger charge is -2.45. The van der Waals surface area contributed by atoms with E-state index in [1.54, 1.807) is 27.8 Å². The second-order valence-electron chi connectivity index (χ2n) is 10.8. The van der Waals surface area contributed by atoms with E-state index < -0.39 is 27.1 Å². The first-order valence-corrected chi connectivity index (χ1v) is 14.2. The first kappa shape index (κ1) is 27.2. The fraction of sp³-hybridized carbons (Fsp3) is 0.462. The van der Waals surface area contributed by atoms with Gasteiger partial charge < -0.3 is 19.9 Å². The number of rotatable bonds is 5. The molecule has 2 unspecified atom stereocenters. The number of H-pyrrole nitrogens is 1. The van der Waals surface area contributed by atoms with Crippen LogP contribution in [-0.2, 0) is 20.1 Å². The molecular formula is C26H32N6O5S. The topological polar surface area (TPSA) is 150 Å². The number of nitriles is 1. The number of ether oxygens (including phenoxy) is 1. The molecule has 2 N–H and O–H groups in total. The van der Waals surface area contributed by atoms with Gasteiger partial charge in [-0.3, -0.25) is 9.48 Å². The molecule has 1 amide bonds. The molecule has 1 fully saturated rings. The molecule has 0 spiro atoms. The molecule has 1 aliphatic heterocycles. The highest BCUT2D eigenvalue weighted by Gasteiger charge is 2.46. The van der Waals surface area contributed by atoms with E-state index in [4.69, 9.17) is 9.84 Å². The van der Waals surface area contributed by atoms with Crippen LogP contribution in [-0.4, -0.2) is 59.1 Å². The van der Waals surface area contributed by atoms with Crippen LogP contribution in [0.2, 0.25) is 0 Å². The maximum absolute atomic E-state index is 12.9. The Balaban J connectivity index is 1.74. The van der Waals surface area contributed by atoms with Gasteiger partial charge in [-0.15, -0.1) is 0 Å². The molecule has 4 rings (SSSR count). The van der Waals surface area contributed by atoms with Crippen LogP contribution in [0.25, 0.3) is 10.9 Å². The van der Waals surface area contributed by atoms with E-state index >= 15 is 0 Å². The molecule has 202 valence electrons. The normalized spacial score (nSPS) is 20.2. The van der Waals surface area contributed by atoms with E-state index in [1.165, 1.54) is 18.3 Å². The number of likely N-dealkylation sites (tertiary alicyclic amines) is 1. The Morgan fingerprint density at radius 2 is 1.97 bits per heavy atom. The molecule has 0 aliphatic carbocycles. The number of sulfone groups is 1. The summed E-state index contributed by atoms with van der Waals surface area (Å²) in [6, 6.07) is 10.2. The minimum Gasteiger partial charge on any atom is -0.444 e. The average molecular weight is 541 g/mol. The van der Waals surface area contributed by atoms with Gasteiger partial charge in [0.05, 0.1) is 28.4 Å². The van der Waals surface area contributed by atoms with E-state index in [9.17, 15) is 23.3 Å². The number of benzene rings is 1. The van der Waals surface area contributed by atoms with Crippen LogP contribution in [0.3, 0.4) is 0 Å². The van der Waals surface area contributed by atoms with Gasteiger partial charge in [0.15, 0.2) is 15.7 Å². The van der Waals surface area contributed by atoms with Crippen LogP contribution in [0, 0.1) is 17.2 Å². The summed E-state index contributed by atoms with van der Waals surface area (Å²) in [6.07, 6.45) is 2.83. The van der Waals surface area contributed by atoms with E-state index in [1.807, 2.05) is 27.7 Å². The monoisotopic (exact) mass is 540 g/mol. The Kier molecular flexibility index (Phi) is 7.01. The largest absolute Gasteiger partial charge is 0.444 e. The molecule has 1 aromatic carbocycles. The number of pyridine rings is 1. The van der Waals surface area contributed by atoms with E-state index in [-0.39, 0.29) is 28.6 Å². The minimum absolute atomic E-state index is 0.127. The standard InChI is InChI=1S/C26H32N6O5S/c1-17-16-31(24(34)37-25(2,3)4)15-12-26(17,11-13-27)32-20-10-14-28-23(33)21(20)22(30-32)29-18-6-8-19(9-7-18)38(5,35)36/h6-10,14,17H,11-12,15-16H2,1-5H3,(H,28,33)(H,29,30). The van der Waals surface area contributed by atoms with Crippen molar-refractivity contribution in [1.82, 2.24) is 19.7 Å². The Morgan fingerprint density at radius 3 is 2.55 bits per heavy atom. The van der Waals surface area contributed by atoms with Gasteiger partial charge in [0.1, 0.15) is 11.0 Å². The SMILES string of the molecule is CC1CN(C(=O)OC(C)(C)C)CCC1(CC#N)n1nc(Nc2ccc(S(C)(=O)=O)cc2)c2c(=O)[nH]ccc21. The molecule has 11 nitrogen and oxygen atoms in total. The third-order valence-electron chi connectivity index (χ3n) is 6.83. The third kappa shape index (κ3) is 5.24. The molecule has 2 atom stereocenters. The average Bonchev–Trinajstić information content (AvgIpc) is 3.19. The van der Waals surface area contributed by atoms with Crippen molar-refractivity contribution in [2.45, 2.75) is 56.6 Å². The number of fused-ring (bicyclic) bond motifs is 1. The van der Waals surface area contributed by atoms with E-state index in [2.05, 4.69) is 16.4 Å². The fourth-order valence-corrected chi connectivity index (χ4v) is 5.51. The minimum atomic E-state index is -3.36. The molecular weight excluding hydrogens is 508 g/mol. The van der Waals surface area contributed by atoms with Gasteiger partial charge >= 0.3 is 6.09 Å². The number of hydrogen-bond donors (Lipinski definition) is 2. The summed E-state index contributed by atoms with van der Waals surface area (Å²) in [6.45, 7) is 8.13. The number of anilines is 2. The highest BCUT2D eigenvalue weighted by Crippen LogP contribution is 2.41. The van der Waals surface area contributed by atoms with Crippen LogP contribution in [0.4, 0.5) is 16.3 Å². The predicted octanol–water partition coefficient (Wildman–Crippen LogP) is 3.76. The Morgan fingerprint density at radius 1 is 1.29 bits per heavy atom. The quantitative estimate of drug-likeness (QED) is 0.497. The molecule has 38 heavy (non-hydrogen) atoms. The van der Waals surface area contributed by atoms with E-state index in [0.29, 0.717) is 36.1 Å². The first-order valence-electron chi connectivity index (χ1n) is 12.3. The summed E-state index contributed by atoms with van der Waals surface area (Å²) in [5.74, 6) is 0.0979. The van der Waals surface area contributed by atoms with Crippen molar-refractivity contribution >= 4 is 38.3 Å². The van der Waals surface area contributed by atoms with Gasteiger partial charge in [0.2, 0.25) is 0 Å². The summed E-state index contributed by atoms with van der Waals surface area (Å²) in [4.78, 5) is 30.2. The van der Waals surface area contributed by atoms with Crippen molar-refractivity contribution in [2.75, 3.05) is 24.7 Å². The second kappa shape index (κ2) is 9.79. The van der Waals surface area contributed by atoms with Crippen molar-refractivity contribution in [3.8, 4) is 6.07 Å². The lowest BCUT2D eigenvalue weighted by Crippen LogP contribution is -2.54. The van der Waals surface area contributed by atoms with Crippen molar-refractivity contribution in [2.24, 2.45) is 5.92 Å². The highest BCUT2D eigenvalue weighted by atomic mass is 32.2. The molecule has 3 heterocycles. The zero-order chi connectivity index (χ0) is 27.9. The molecule has 0 bridgehead atoms. The molecule has 2 aromatic heterocycles. The number of nitrogens with zero attached hydrogens (tertiary/aromatic N) is 4. The van der Waals surface area contributed by atoms with E-state index in [0.717, 1.165) is 6.26 Å². The number of aromatic nitrogens is 3. The zero-order valence-electron chi connectivity index (χ0n) is 22.1.